The monoisotopic (exact) mass is 239 g/mol. The lowest BCUT2D eigenvalue weighted by Crippen LogP contribution is -2.12. The molecule has 0 fully saturated rings. The highest BCUT2D eigenvalue weighted by Crippen LogP contribution is 2.33. The molecular formula is C12H17NO4. The maximum absolute atomic E-state index is 10.8. The lowest BCUT2D eigenvalue weighted by Gasteiger charge is -2.13. The molecular weight excluding hydrogens is 222 g/mol. The molecule has 0 saturated heterocycles. The number of aliphatic carboxylic acids is 1. The van der Waals surface area contributed by atoms with Crippen molar-refractivity contribution >= 4 is 11.7 Å². The maximum Gasteiger partial charge on any atom is 0.306 e. The summed E-state index contributed by atoms with van der Waals surface area (Å²) in [4.78, 5) is 10.8. The predicted molar refractivity (Wildman–Crippen MR) is 64.5 cm³/mol. The molecule has 0 saturated carbocycles. The van der Waals surface area contributed by atoms with E-state index in [0.717, 1.165) is 5.56 Å². The molecule has 0 radical (unpaired) electrons. The summed E-state index contributed by atoms with van der Waals surface area (Å²) in [6.07, 6.45) is 0.405. The molecule has 0 aliphatic rings. The SMILES string of the molecule is COc1cc(CC(C)C(=O)O)cc(OC)c1N. The lowest BCUT2D eigenvalue weighted by atomic mass is 10.0. The Bertz CT molecular complexity index is 392. The Balaban J connectivity index is 3.05. The second-order valence-corrected chi connectivity index (χ2v) is 3.86. The van der Waals surface area contributed by atoms with Crippen LogP contribution >= 0.6 is 0 Å². The number of hydrogen-bond acceptors (Lipinski definition) is 4. The Kier molecular flexibility index (Phi) is 4.20. The molecule has 1 aromatic rings. The number of anilines is 1. The van der Waals surface area contributed by atoms with Crippen molar-refractivity contribution in [3.8, 4) is 11.5 Å². The van der Waals surface area contributed by atoms with Gasteiger partial charge in [-0.15, -0.1) is 0 Å². The van der Waals surface area contributed by atoms with Crippen LogP contribution in [0.4, 0.5) is 5.69 Å². The number of carbonyl (C=O) groups is 1. The first-order chi connectivity index (χ1) is 7.99. The van der Waals surface area contributed by atoms with E-state index in [1.165, 1.54) is 14.2 Å². The minimum absolute atomic E-state index is 0.405. The van der Waals surface area contributed by atoms with E-state index < -0.39 is 11.9 Å². The van der Waals surface area contributed by atoms with Gasteiger partial charge in [0.05, 0.1) is 20.1 Å². The normalized spacial score (nSPS) is 11.9. The predicted octanol–water partition coefficient (Wildman–Crippen LogP) is 1.55. The van der Waals surface area contributed by atoms with Gasteiger partial charge in [-0.05, 0) is 24.1 Å². The molecule has 94 valence electrons. The van der Waals surface area contributed by atoms with Crippen molar-refractivity contribution in [2.24, 2.45) is 5.92 Å². The minimum atomic E-state index is -0.834. The van der Waals surface area contributed by atoms with Gasteiger partial charge in [0, 0.05) is 0 Å². The van der Waals surface area contributed by atoms with Crippen LogP contribution in [0.2, 0.25) is 0 Å². The number of methoxy groups -OCH3 is 2. The number of carboxylic acids is 1. The van der Waals surface area contributed by atoms with Gasteiger partial charge in [-0.2, -0.15) is 0 Å². The van der Waals surface area contributed by atoms with Crippen LogP contribution < -0.4 is 15.2 Å². The number of nitrogens with two attached hydrogens (primary N) is 1. The maximum atomic E-state index is 10.8. The van der Waals surface area contributed by atoms with Crippen molar-refractivity contribution in [3.63, 3.8) is 0 Å². The van der Waals surface area contributed by atoms with Crippen LogP contribution in [0.5, 0.6) is 11.5 Å². The minimum Gasteiger partial charge on any atom is -0.494 e. The van der Waals surface area contributed by atoms with E-state index in [1.54, 1.807) is 19.1 Å². The first-order valence-electron chi connectivity index (χ1n) is 5.22. The molecule has 5 heteroatoms. The zero-order valence-electron chi connectivity index (χ0n) is 10.2. The van der Waals surface area contributed by atoms with Crippen LogP contribution in [0.1, 0.15) is 12.5 Å². The second kappa shape index (κ2) is 5.43. The van der Waals surface area contributed by atoms with E-state index in [0.29, 0.717) is 23.6 Å². The Morgan fingerprint density at radius 1 is 1.35 bits per heavy atom. The van der Waals surface area contributed by atoms with E-state index in [-0.39, 0.29) is 0 Å². The van der Waals surface area contributed by atoms with Crippen molar-refractivity contribution in [3.05, 3.63) is 17.7 Å². The molecule has 0 bridgehead atoms. The second-order valence-electron chi connectivity index (χ2n) is 3.86. The van der Waals surface area contributed by atoms with E-state index in [1.807, 2.05) is 0 Å². The van der Waals surface area contributed by atoms with E-state index in [4.69, 9.17) is 20.3 Å². The summed E-state index contributed by atoms with van der Waals surface area (Å²) in [5.74, 6) is -0.304. The van der Waals surface area contributed by atoms with E-state index in [2.05, 4.69) is 0 Å². The summed E-state index contributed by atoms with van der Waals surface area (Å²) in [5, 5.41) is 8.86. The van der Waals surface area contributed by atoms with Gasteiger partial charge in [-0.1, -0.05) is 6.92 Å². The van der Waals surface area contributed by atoms with Crippen LogP contribution in [0, 0.1) is 5.92 Å². The molecule has 0 heterocycles. The highest BCUT2D eigenvalue weighted by atomic mass is 16.5. The van der Waals surface area contributed by atoms with Gasteiger partial charge in [-0.25, -0.2) is 0 Å². The van der Waals surface area contributed by atoms with Crippen molar-refractivity contribution in [2.45, 2.75) is 13.3 Å². The first-order valence-corrected chi connectivity index (χ1v) is 5.22. The zero-order chi connectivity index (χ0) is 13.0. The number of rotatable bonds is 5. The standard InChI is InChI=1S/C12H17NO4/c1-7(12(14)15)4-8-5-9(16-2)11(13)10(6-8)17-3/h5-7H,4,13H2,1-3H3,(H,14,15). The smallest absolute Gasteiger partial charge is 0.306 e. The largest absolute Gasteiger partial charge is 0.494 e. The van der Waals surface area contributed by atoms with Gasteiger partial charge < -0.3 is 20.3 Å². The van der Waals surface area contributed by atoms with Crippen molar-refractivity contribution in [1.82, 2.24) is 0 Å². The Morgan fingerprint density at radius 3 is 2.18 bits per heavy atom. The van der Waals surface area contributed by atoms with Gasteiger partial charge in [0.25, 0.3) is 0 Å². The van der Waals surface area contributed by atoms with Crippen LogP contribution in [0.25, 0.3) is 0 Å². The van der Waals surface area contributed by atoms with Crippen LogP contribution in [-0.4, -0.2) is 25.3 Å². The summed E-state index contributed by atoms with van der Waals surface area (Å²) in [6.45, 7) is 1.65. The molecule has 17 heavy (non-hydrogen) atoms. The van der Waals surface area contributed by atoms with Crippen LogP contribution in [0.3, 0.4) is 0 Å². The van der Waals surface area contributed by atoms with Gasteiger partial charge >= 0.3 is 5.97 Å². The lowest BCUT2D eigenvalue weighted by molar-refractivity contribution is -0.141. The van der Waals surface area contributed by atoms with Gasteiger partial charge in [0.15, 0.2) is 0 Å². The molecule has 0 aliphatic carbocycles. The Morgan fingerprint density at radius 2 is 1.82 bits per heavy atom. The highest BCUT2D eigenvalue weighted by molar-refractivity contribution is 5.70. The number of hydrogen-bond donors (Lipinski definition) is 2. The summed E-state index contributed by atoms with van der Waals surface area (Å²) >= 11 is 0. The van der Waals surface area contributed by atoms with E-state index >= 15 is 0 Å². The van der Waals surface area contributed by atoms with Crippen LogP contribution in [-0.2, 0) is 11.2 Å². The topological polar surface area (TPSA) is 81.8 Å². The fourth-order valence-corrected chi connectivity index (χ4v) is 1.55. The molecule has 3 N–H and O–H groups in total. The third-order valence-corrected chi connectivity index (χ3v) is 2.57. The molecule has 1 atom stereocenters. The number of nitrogen functional groups attached to an aromatic ring is 1. The molecule has 0 spiro atoms. The Hall–Kier alpha value is -1.91. The summed E-state index contributed by atoms with van der Waals surface area (Å²) in [6, 6.07) is 3.47. The van der Waals surface area contributed by atoms with Crippen LogP contribution in [0.15, 0.2) is 12.1 Å². The molecule has 5 nitrogen and oxygen atoms in total. The molecule has 0 amide bonds. The number of benzene rings is 1. The fraction of sp³-hybridized carbons (Fsp3) is 0.417. The summed E-state index contributed by atoms with van der Waals surface area (Å²) < 4.78 is 10.2. The quantitative estimate of drug-likeness (QED) is 0.762. The molecule has 0 aromatic heterocycles. The summed E-state index contributed by atoms with van der Waals surface area (Å²) in [5.41, 5.74) is 7.04. The first kappa shape index (κ1) is 13.2. The fourth-order valence-electron chi connectivity index (χ4n) is 1.55. The average Bonchev–Trinajstić information content (AvgIpc) is 2.30. The highest BCUT2D eigenvalue weighted by Gasteiger charge is 2.15. The third kappa shape index (κ3) is 3.03. The number of carboxylic acid groups (broad SMARTS) is 1. The molecule has 1 aromatic carbocycles. The third-order valence-electron chi connectivity index (χ3n) is 2.57. The summed E-state index contributed by atoms with van der Waals surface area (Å²) in [7, 11) is 3.02. The Labute approximate surface area is 100 Å². The van der Waals surface area contributed by atoms with Gasteiger partial charge in [-0.3, -0.25) is 4.79 Å². The average molecular weight is 239 g/mol. The zero-order valence-corrected chi connectivity index (χ0v) is 10.2. The van der Waals surface area contributed by atoms with Gasteiger partial charge in [0.2, 0.25) is 0 Å². The number of ether oxygens (including phenoxy) is 2. The van der Waals surface area contributed by atoms with Crippen molar-refractivity contribution < 1.29 is 19.4 Å². The van der Waals surface area contributed by atoms with Crippen molar-refractivity contribution in [2.75, 3.05) is 20.0 Å². The molecule has 1 unspecified atom stereocenters. The van der Waals surface area contributed by atoms with E-state index in [9.17, 15) is 4.79 Å². The van der Waals surface area contributed by atoms with Gasteiger partial charge in [0.1, 0.15) is 17.2 Å². The molecule has 1 rings (SSSR count). The van der Waals surface area contributed by atoms with Crippen molar-refractivity contribution in [1.29, 1.82) is 0 Å². The molecule has 0 aliphatic heterocycles.